The smallest absolute Gasteiger partial charge is 0.409 e. The largest absolute Gasteiger partial charge is 0.450 e. The summed E-state index contributed by atoms with van der Waals surface area (Å²) in [4.78, 5) is 16.2. The number of hydrogen-bond donors (Lipinski definition) is 0. The van der Waals surface area contributed by atoms with E-state index < -0.39 is 0 Å². The van der Waals surface area contributed by atoms with E-state index in [9.17, 15) is 4.79 Å². The van der Waals surface area contributed by atoms with Crippen molar-refractivity contribution in [3.63, 3.8) is 0 Å². The topological polar surface area (TPSA) is 29.5 Å². The first kappa shape index (κ1) is 12.3. The number of fused-ring (bicyclic) bond motifs is 3. The predicted octanol–water partition coefficient (Wildman–Crippen LogP) is 3.44. The van der Waals surface area contributed by atoms with E-state index in [4.69, 9.17) is 16.3 Å². The van der Waals surface area contributed by atoms with Crippen LogP contribution in [0.5, 0.6) is 0 Å². The standard InChI is InChI=1S/C13H16ClNO2S/c1-3-17-13(16)15-5-8-4-9-11(14)7(2)18-12(9)10(8)6-15/h8,10H,3-6H2,1-2H3. The summed E-state index contributed by atoms with van der Waals surface area (Å²) in [7, 11) is 0. The van der Waals surface area contributed by atoms with Crippen molar-refractivity contribution >= 4 is 29.0 Å². The van der Waals surface area contributed by atoms with Gasteiger partial charge in [-0.25, -0.2) is 4.79 Å². The summed E-state index contributed by atoms with van der Waals surface area (Å²) >= 11 is 8.12. The molecule has 98 valence electrons. The van der Waals surface area contributed by atoms with Gasteiger partial charge in [-0.1, -0.05) is 11.6 Å². The number of amides is 1. The van der Waals surface area contributed by atoms with Crippen LogP contribution < -0.4 is 0 Å². The molecule has 2 atom stereocenters. The van der Waals surface area contributed by atoms with Crippen molar-refractivity contribution in [2.75, 3.05) is 19.7 Å². The third kappa shape index (κ3) is 1.74. The van der Waals surface area contributed by atoms with Crippen LogP contribution in [0.3, 0.4) is 0 Å². The quantitative estimate of drug-likeness (QED) is 0.791. The van der Waals surface area contributed by atoms with Crippen LogP contribution in [0.25, 0.3) is 0 Å². The Hall–Kier alpha value is -0.740. The van der Waals surface area contributed by atoms with Crippen LogP contribution in [0, 0.1) is 12.8 Å². The molecule has 0 saturated carbocycles. The molecule has 1 aliphatic carbocycles. The number of likely N-dealkylation sites (tertiary alicyclic amines) is 1. The highest BCUT2D eigenvalue weighted by molar-refractivity contribution is 7.12. The van der Waals surface area contributed by atoms with E-state index in [1.807, 2.05) is 11.8 Å². The molecule has 18 heavy (non-hydrogen) atoms. The number of aryl methyl sites for hydroxylation is 1. The molecular formula is C13H16ClNO2S. The zero-order valence-electron chi connectivity index (χ0n) is 10.5. The molecular weight excluding hydrogens is 270 g/mol. The molecule has 5 heteroatoms. The maximum Gasteiger partial charge on any atom is 0.409 e. The van der Waals surface area contributed by atoms with E-state index in [1.54, 1.807) is 11.3 Å². The van der Waals surface area contributed by atoms with E-state index in [2.05, 4.69) is 6.92 Å². The fraction of sp³-hybridized carbons (Fsp3) is 0.615. The van der Waals surface area contributed by atoms with Gasteiger partial charge in [0.2, 0.25) is 0 Å². The lowest BCUT2D eigenvalue weighted by Crippen LogP contribution is -2.30. The average Bonchev–Trinajstić information content (AvgIpc) is 2.94. The molecule has 1 amide bonds. The van der Waals surface area contributed by atoms with Gasteiger partial charge in [-0.15, -0.1) is 11.3 Å². The van der Waals surface area contributed by atoms with Crippen LogP contribution in [0.4, 0.5) is 4.79 Å². The summed E-state index contributed by atoms with van der Waals surface area (Å²) in [5, 5.41) is 0.951. The number of carbonyl (C=O) groups is 1. The Bertz CT molecular complexity index is 499. The van der Waals surface area contributed by atoms with Crippen LogP contribution in [-0.2, 0) is 11.2 Å². The second kappa shape index (κ2) is 4.42. The molecule has 0 bridgehead atoms. The van der Waals surface area contributed by atoms with Gasteiger partial charge in [0.1, 0.15) is 0 Å². The van der Waals surface area contributed by atoms with Crippen molar-refractivity contribution in [1.29, 1.82) is 0 Å². The molecule has 1 aliphatic heterocycles. The van der Waals surface area contributed by atoms with Gasteiger partial charge in [0.25, 0.3) is 0 Å². The molecule has 1 aromatic rings. The van der Waals surface area contributed by atoms with Gasteiger partial charge < -0.3 is 9.64 Å². The minimum absolute atomic E-state index is 0.173. The molecule has 3 rings (SSSR count). The van der Waals surface area contributed by atoms with Gasteiger partial charge in [0, 0.05) is 28.8 Å². The van der Waals surface area contributed by atoms with Crippen LogP contribution in [-0.4, -0.2) is 30.7 Å². The fourth-order valence-electron chi connectivity index (χ4n) is 3.08. The maximum absolute atomic E-state index is 11.7. The Labute approximate surface area is 116 Å². The minimum Gasteiger partial charge on any atom is -0.450 e. The summed E-state index contributed by atoms with van der Waals surface area (Å²) in [6.07, 6.45) is 0.840. The first-order valence-electron chi connectivity index (χ1n) is 6.31. The third-order valence-electron chi connectivity index (χ3n) is 3.90. The van der Waals surface area contributed by atoms with Gasteiger partial charge in [-0.05, 0) is 31.7 Å². The Kier molecular flexibility index (Phi) is 3.02. The van der Waals surface area contributed by atoms with Crippen molar-refractivity contribution in [3.05, 3.63) is 20.3 Å². The maximum atomic E-state index is 11.7. The Morgan fingerprint density at radius 2 is 2.33 bits per heavy atom. The molecule has 1 saturated heterocycles. The molecule has 0 N–H and O–H groups in total. The highest BCUT2D eigenvalue weighted by Gasteiger charge is 2.44. The van der Waals surface area contributed by atoms with Crippen molar-refractivity contribution < 1.29 is 9.53 Å². The highest BCUT2D eigenvalue weighted by Crippen LogP contribution is 2.50. The first-order chi connectivity index (χ1) is 8.61. The van der Waals surface area contributed by atoms with Crippen molar-refractivity contribution in [1.82, 2.24) is 4.90 Å². The lowest BCUT2D eigenvalue weighted by Gasteiger charge is -2.16. The number of nitrogens with zero attached hydrogens (tertiary/aromatic N) is 1. The molecule has 1 fully saturated rings. The molecule has 0 radical (unpaired) electrons. The molecule has 0 aromatic carbocycles. The van der Waals surface area contributed by atoms with Crippen LogP contribution in [0.15, 0.2) is 0 Å². The molecule has 0 spiro atoms. The van der Waals surface area contributed by atoms with Crippen molar-refractivity contribution in [3.8, 4) is 0 Å². The van der Waals surface area contributed by atoms with E-state index >= 15 is 0 Å². The lowest BCUT2D eigenvalue weighted by molar-refractivity contribution is 0.114. The Morgan fingerprint density at radius 3 is 3.06 bits per heavy atom. The number of ether oxygens (including phenoxy) is 1. The Balaban J connectivity index is 1.80. The highest BCUT2D eigenvalue weighted by atomic mass is 35.5. The zero-order chi connectivity index (χ0) is 12.9. The van der Waals surface area contributed by atoms with Gasteiger partial charge in [0.05, 0.1) is 11.6 Å². The minimum atomic E-state index is -0.173. The Morgan fingerprint density at radius 1 is 1.56 bits per heavy atom. The first-order valence-corrected chi connectivity index (χ1v) is 7.50. The summed E-state index contributed by atoms with van der Waals surface area (Å²) < 4.78 is 5.07. The SMILES string of the molecule is CCOC(=O)N1CC2Cc3c(sc(C)c3Cl)C2C1. The molecule has 2 heterocycles. The van der Waals surface area contributed by atoms with Crippen molar-refractivity contribution in [2.45, 2.75) is 26.2 Å². The van der Waals surface area contributed by atoms with Gasteiger partial charge in [-0.2, -0.15) is 0 Å². The van der Waals surface area contributed by atoms with Gasteiger partial charge in [-0.3, -0.25) is 0 Å². The molecule has 3 nitrogen and oxygen atoms in total. The summed E-state index contributed by atoms with van der Waals surface area (Å²) in [5.74, 6) is 1.01. The fourth-order valence-corrected chi connectivity index (χ4v) is 4.70. The predicted molar refractivity (Wildman–Crippen MR) is 72.6 cm³/mol. The third-order valence-corrected chi connectivity index (χ3v) is 5.81. The van der Waals surface area contributed by atoms with E-state index in [0.29, 0.717) is 18.4 Å². The second-order valence-corrected chi connectivity index (χ2v) is 6.62. The van der Waals surface area contributed by atoms with Gasteiger partial charge in [0.15, 0.2) is 0 Å². The van der Waals surface area contributed by atoms with E-state index in [1.165, 1.54) is 15.3 Å². The van der Waals surface area contributed by atoms with Crippen LogP contribution in [0.2, 0.25) is 5.02 Å². The number of thiophene rings is 1. The van der Waals surface area contributed by atoms with E-state index in [-0.39, 0.29) is 6.09 Å². The summed E-state index contributed by atoms with van der Waals surface area (Å²) in [6.45, 7) is 5.95. The number of halogens is 1. The molecule has 1 aromatic heterocycles. The monoisotopic (exact) mass is 285 g/mol. The average molecular weight is 286 g/mol. The summed E-state index contributed by atoms with van der Waals surface area (Å²) in [5.41, 5.74) is 1.33. The molecule has 2 unspecified atom stereocenters. The molecule has 2 aliphatic rings. The van der Waals surface area contributed by atoms with Crippen molar-refractivity contribution in [2.24, 2.45) is 5.92 Å². The van der Waals surface area contributed by atoms with Crippen LogP contribution in [0.1, 0.15) is 28.2 Å². The normalized spacial score (nSPS) is 25.2. The zero-order valence-corrected chi connectivity index (χ0v) is 12.1. The number of hydrogen-bond acceptors (Lipinski definition) is 3. The number of rotatable bonds is 1. The van der Waals surface area contributed by atoms with E-state index in [0.717, 1.165) is 24.5 Å². The van der Waals surface area contributed by atoms with Gasteiger partial charge >= 0.3 is 6.09 Å². The van der Waals surface area contributed by atoms with Crippen LogP contribution >= 0.6 is 22.9 Å². The second-order valence-electron chi connectivity index (χ2n) is 4.99. The number of carbonyl (C=O) groups excluding carboxylic acids is 1. The summed E-state index contributed by atoms with van der Waals surface area (Å²) in [6, 6.07) is 0. The lowest BCUT2D eigenvalue weighted by atomic mass is 10.0.